The molecule has 0 atom stereocenters. The number of halogens is 2. The zero-order valence-corrected chi connectivity index (χ0v) is 12.4. The van der Waals surface area contributed by atoms with Crippen LogP contribution in [-0.2, 0) is 0 Å². The summed E-state index contributed by atoms with van der Waals surface area (Å²) in [6.45, 7) is 2.42. The molecule has 0 bridgehead atoms. The van der Waals surface area contributed by atoms with Crippen LogP contribution >= 0.6 is 15.9 Å². The SMILES string of the molecule is CCOc1ccc(C(=O)c2cc(N)cc(F)c2)c(Br)c1. The van der Waals surface area contributed by atoms with Gasteiger partial charge in [0.25, 0.3) is 0 Å². The summed E-state index contributed by atoms with van der Waals surface area (Å²) < 4.78 is 19.2. The molecule has 20 heavy (non-hydrogen) atoms. The van der Waals surface area contributed by atoms with Gasteiger partial charge >= 0.3 is 0 Å². The third kappa shape index (κ3) is 3.17. The Labute approximate surface area is 124 Å². The summed E-state index contributed by atoms with van der Waals surface area (Å²) in [7, 11) is 0. The molecular formula is C15H13BrFNO2. The van der Waals surface area contributed by atoms with E-state index in [-0.39, 0.29) is 17.0 Å². The minimum atomic E-state index is -0.532. The highest BCUT2D eigenvalue weighted by atomic mass is 79.9. The summed E-state index contributed by atoms with van der Waals surface area (Å²) in [6, 6.07) is 8.84. The molecule has 0 fully saturated rings. The van der Waals surface area contributed by atoms with Gasteiger partial charge in [0.1, 0.15) is 11.6 Å². The zero-order chi connectivity index (χ0) is 14.7. The Morgan fingerprint density at radius 3 is 2.65 bits per heavy atom. The summed E-state index contributed by atoms with van der Waals surface area (Å²) >= 11 is 3.33. The Balaban J connectivity index is 2.38. The van der Waals surface area contributed by atoms with Crippen LogP contribution in [0.15, 0.2) is 40.9 Å². The van der Waals surface area contributed by atoms with E-state index in [2.05, 4.69) is 15.9 Å². The van der Waals surface area contributed by atoms with Gasteiger partial charge in [-0.2, -0.15) is 0 Å². The monoisotopic (exact) mass is 337 g/mol. The van der Waals surface area contributed by atoms with Crippen LogP contribution in [0.5, 0.6) is 5.75 Å². The molecule has 5 heteroatoms. The van der Waals surface area contributed by atoms with Crippen LogP contribution in [0.1, 0.15) is 22.8 Å². The lowest BCUT2D eigenvalue weighted by Crippen LogP contribution is -2.04. The first-order chi connectivity index (χ1) is 9.51. The zero-order valence-electron chi connectivity index (χ0n) is 10.8. The van der Waals surface area contributed by atoms with E-state index in [4.69, 9.17) is 10.5 Å². The van der Waals surface area contributed by atoms with Crippen molar-refractivity contribution in [3.63, 3.8) is 0 Å². The molecule has 0 aromatic heterocycles. The number of nitrogens with two attached hydrogens (primary N) is 1. The number of rotatable bonds is 4. The molecule has 3 nitrogen and oxygen atoms in total. The van der Waals surface area contributed by atoms with Crippen molar-refractivity contribution in [2.75, 3.05) is 12.3 Å². The van der Waals surface area contributed by atoms with Crippen LogP contribution in [0.3, 0.4) is 0 Å². The van der Waals surface area contributed by atoms with Crippen molar-refractivity contribution in [2.45, 2.75) is 6.92 Å². The van der Waals surface area contributed by atoms with E-state index in [0.29, 0.717) is 22.4 Å². The highest BCUT2D eigenvalue weighted by Gasteiger charge is 2.14. The van der Waals surface area contributed by atoms with Crippen molar-refractivity contribution in [3.05, 3.63) is 57.8 Å². The van der Waals surface area contributed by atoms with Gasteiger partial charge in [0.05, 0.1) is 6.61 Å². The van der Waals surface area contributed by atoms with Gasteiger partial charge in [-0.15, -0.1) is 0 Å². The Morgan fingerprint density at radius 2 is 2.05 bits per heavy atom. The second-order valence-electron chi connectivity index (χ2n) is 4.18. The lowest BCUT2D eigenvalue weighted by Gasteiger charge is -2.08. The summed E-state index contributed by atoms with van der Waals surface area (Å²) in [5.41, 5.74) is 6.42. The summed E-state index contributed by atoms with van der Waals surface area (Å²) in [6.07, 6.45) is 0. The average Bonchev–Trinajstić information content (AvgIpc) is 2.37. The molecule has 0 aliphatic heterocycles. The molecule has 2 rings (SSSR count). The minimum Gasteiger partial charge on any atom is -0.494 e. The van der Waals surface area contributed by atoms with Crippen LogP contribution in [0, 0.1) is 5.82 Å². The lowest BCUT2D eigenvalue weighted by atomic mass is 10.0. The summed E-state index contributed by atoms with van der Waals surface area (Å²) in [5, 5.41) is 0. The van der Waals surface area contributed by atoms with Crippen LogP contribution in [0.4, 0.5) is 10.1 Å². The third-order valence-electron chi connectivity index (χ3n) is 2.68. The maximum Gasteiger partial charge on any atom is 0.194 e. The number of carbonyl (C=O) groups is 1. The van der Waals surface area contributed by atoms with Crippen molar-refractivity contribution in [1.29, 1.82) is 0 Å². The van der Waals surface area contributed by atoms with E-state index in [1.807, 2.05) is 6.92 Å². The molecule has 0 amide bonds. The molecule has 2 aromatic carbocycles. The quantitative estimate of drug-likeness (QED) is 0.681. The number of ether oxygens (including phenoxy) is 1. The molecule has 0 spiro atoms. The Morgan fingerprint density at radius 1 is 1.30 bits per heavy atom. The van der Waals surface area contributed by atoms with Gasteiger partial charge in [-0.25, -0.2) is 4.39 Å². The fourth-order valence-electron chi connectivity index (χ4n) is 1.84. The van der Waals surface area contributed by atoms with Crippen LogP contribution < -0.4 is 10.5 Å². The molecule has 0 aliphatic carbocycles. The number of hydrogen-bond acceptors (Lipinski definition) is 3. The van der Waals surface area contributed by atoms with Gasteiger partial charge in [0.15, 0.2) is 5.78 Å². The molecule has 0 heterocycles. The number of benzene rings is 2. The average molecular weight is 338 g/mol. The van der Waals surface area contributed by atoms with Crippen molar-refractivity contribution in [1.82, 2.24) is 0 Å². The number of anilines is 1. The fraction of sp³-hybridized carbons (Fsp3) is 0.133. The fourth-order valence-corrected chi connectivity index (χ4v) is 2.37. The van der Waals surface area contributed by atoms with Crippen LogP contribution in [0.2, 0.25) is 0 Å². The van der Waals surface area contributed by atoms with Gasteiger partial charge in [-0.05, 0) is 59.3 Å². The molecule has 0 aliphatic rings. The lowest BCUT2D eigenvalue weighted by molar-refractivity contribution is 0.103. The minimum absolute atomic E-state index is 0.215. The molecule has 2 aromatic rings. The third-order valence-corrected chi connectivity index (χ3v) is 3.33. The van der Waals surface area contributed by atoms with Gasteiger partial charge in [0, 0.05) is 21.3 Å². The summed E-state index contributed by atoms with van der Waals surface area (Å²) in [4.78, 5) is 12.3. The summed E-state index contributed by atoms with van der Waals surface area (Å²) in [5.74, 6) is -0.170. The molecule has 0 unspecified atom stereocenters. The molecule has 0 saturated heterocycles. The molecular weight excluding hydrogens is 325 g/mol. The first-order valence-electron chi connectivity index (χ1n) is 6.04. The van der Waals surface area contributed by atoms with Gasteiger partial charge in [-0.1, -0.05) is 0 Å². The Kier molecular flexibility index (Phi) is 4.39. The van der Waals surface area contributed by atoms with E-state index in [9.17, 15) is 9.18 Å². The number of hydrogen-bond donors (Lipinski definition) is 1. The second-order valence-corrected chi connectivity index (χ2v) is 5.03. The van der Waals surface area contributed by atoms with E-state index >= 15 is 0 Å². The molecule has 2 N–H and O–H groups in total. The number of carbonyl (C=O) groups excluding carboxylic acids is 1. The topological polar surface area (TPSA) is 52.3 Å². The Hall–Kier alpha value is -1.88. The van der Waals surface area contributed by atoms with Crippen molar-refractivity contribution >= 4 is 27.4 Å². The predicted octanol–water partition coefficient (Wildman–Crippen LogP) is 3.80. The highest BCUT2D eigenvalue weighted by Crippen LogP contribution is 2.26. The van der Waals surface area contributed by atoms with Gasteiger partial charge < -0.3 is 10.5 Å². The second kappa shape index (κ2) is 6.05. The Bertz CT molecular complexity index is 638. The normalized spacial score (nSPS) is 10.3. The number of ketones is 1. The van der Waals surface area contributed by atoms with Crippen LogP contribution in [0.25, 0.3) is 0 Å². The smallest absolute Gasteiger partial charge is 0.194 e. The first-order valence-corrected chi connectivity index (χ1v) is 6.83. The first kappa shape index (κ1) is 14.5. The largest absolute Gasteiger partial charge is 0.494 e. The number of nitrogen functional groups attached to an aromatic ring is 1. The molecule has 104 valence electrons. The maximum absolute atomic E-state index is 13.3. The van der Waals surface area contributed by atoms with Crippen molar-refractivity contribution < 1.29 is 13.9 Å². The molecule has 0 radical (unpaired) electrons. The van der Waals surface area contributed by atoms with Crippen LogP contribution in [-0.4, -0.2) is 12.4 Å². The van der Waals surface area contributed by atoms with Gasteiger partial charge in [0.2, 0.25) is 0 Å². The van der Waals surface area contributed by atoms with Crippen molar-refractivity contribution in [2.24, 2.45) is 0 Å². The van der Waals surface area contributed by atoms with E-state index in [1.165, 1.54) is 18.2 Å². The highest BCUT2D eigenvalue weighted by molar-refractivity contribution is 9.10. The van der Waals surface area contributed by atoms with E-state index < -0.39 is 5.82 Å². The maximum atomic E-state index is 13.3. The van der Waals surface area contributed by atoms with Gasteiger partial charge in [-0.3, -0.25) is 4.79 Å². The molecule has 0 saturated carbocycles. The van der Waals surface area contributed by atoms with Crippen molar-refractivity contribution in [3.8, 4) is 5.75 Å². The predicted molar refractivity (Wildman–Crippen MR) is 79.6 cm³/mol. The van der Waals surface area contributed by atoms with E-state index in [0.717, 1.165) is 0 Å². The van der Waals surface area contributed by atoms with E-state index in [1.54, 1.807) is 18.2 Å². The standard InChI is InChI=1S/C15H13BrFNO2/c1-2-20-12-3-4-13(14(16)8-12)15(19)9-5-10(17)7-11(18)6-9/h3-8H,2,18H2,1H3.